The number of nitrogens with one attached hydrogen (secondary N) is 2. The van der Waals surface area contributed by atoms with Crippen molar-refractivity contribution in [2.45, 2.75) is 70.0 Å². The molecule has 7 heteroatoms. The maximum Gasteiger partial charge on any atom is 0.243 e. The summed E-state index contributed by atoms with van der Waals surface area (Å²) in [5.74, 6) is 0.388. The Labute approximate surface area is 183 Å². The van der Waals surface area contributed by atoms with Crippen LogP contribution < -0.4 is 10.6 Å². The molecule has 0 bridgehead atoms. The maximum atomic E-state index is 14.1. The van der Waals surface area contributed by atoms with Crippen LogP contribution in [0.5, 0.6) is 0 Å². The van der Waals surface area contributed by atoms with Crippen molar-refractivity contribution in [1.29, 1.82) is 0 Å². The average Bonchev–Trinajstić information content (AvgIpc) is 3.53. The molecule has 2 amide bonds. The molecule has 3 fully saturated rings. The van der Waals surface area contributed by atoms with Crippen LogP contribution in [0.3, 0.4) is 0 Å². The molecule has 0 spiro atoms. The molecule has 2 saturated carbocycles. The molecule has 6 nitrogen and oxygen atoms in total. The Morgan fingerprint density at radius 1 is 1.10 bits per heavy atom. The third kappa shape index (κ3) is 4.29. The lowest BCUT2D eigenvalue weighted by Crippen LogP contribution is -2.55. The predicted molar refractivity (Wildman–Crippen MR) is 117 cm³/mol. The summed E-state index contributed by atoms with van der Waals surface area (Å²) in [5.41, 5.74) is 2.38. The highest BCUT2D eigenvalue weighted by molar-refractivity contribution is 5.88. The number of carbonyl (C=O) groups is 2. The fraction of sp³-hybridized carbons (Fsp3) is 0.667. The third-order valence-corrected chi connectivity index (χ3v) is 7.57. The lowest BCUT2D eigenvalue weighted by Gasteiger charge is -2.42. The Bertz CT molecular complexity index is 832. The van der Waals surface area contributed by atoms with Gasteiger partial charge in [-0.05, 0) is 57.1 Å². The van der Waals surface area contributed by atoms with Gasteiger partial charge in [-0.1, -0.05) is 6.07 Å². The standard InChI is InChI=1S/C24H33FN4O2/c1-15-5-8-20(25)19-14-21(27-22(15)19)23(30)26-17-3-2-4-18(13-17)28-9-11-29(12-10-28)24(31)16-6-7-16/h5,8,16-18,21,27H,2-4,6-7,9-14H2,1H3,(H,26,30)/t17-,18+,21?/m1/s1. The van der Waals surface area contributed by atoms with Gasteiger partial charge in [0.25, 0.3) is 0 Å². The van der Waals surface area contributed by atoms with Crippen molar-refractivity contribution in [3.8, 4) is 0 Å². The van der Waals surface area contributed by atoms with Crippen LogP contribution in [0, 0.1) is 18.7 Å². The molecule has 2 aliphatic carbocycles. The van der Waals surface area contributed by atoms with Crippen LogP contribution in [0.4, 0.5) is 10.1 Å². The number of anilines is 1. The lowest BCUT2D eigenvalue weighted by atomic mass is 9.89. The van der Waals surface area contributed by atoms with Crippen molar-refractivity contribution >= 4 is 17.5 Å². The highest BCUT2D eigenvalue weighted by Crippen LogP contribution is 2.33. The van der Waals surface area contributed by atoms with E-state index in [1.165, 1.54) is 6.07 Å². The summed E-state index contributed by atoms with van der Waals surface area (Å²) in [6, 6.07) is 3.47. The monoisotopic (exact) mass is 428 g/mol. The summed E-state index contributed by atoms with van der Waals surface area (Å²) in [6.45, 7) is 5.47. The molecule has 0 aromatic heterocycles. The van der Waals surface area contributed by atoms with E-state index in [9.17, 15) is 14.0 Å². The molecule has 0 radical (unpaired) electrons. The zero-order chi connectivity index (χ0) is 21.5. The predicted octanol–water partition coefficient (Wildman–Crippen LogP) is 2.45. The van der Waals surface area contributed by atoms with Gasteiger partial charge in [0, 0.05) is 61.9 Å². The minimum Gasteiger partial charge on any atom is -0.373 e. The Balaban J connectivity index is 1.13. The number of amides is 2. The SMILES string of the molecule is Cc1ccc(F)c2c1NC(C(=O)N[C@@H]1CCC[C@H](N3CCN(C(=O)C4CC4)CC3)C1)C2. The van der Waals surface area contributed by atoms with Crippen LogP contribution >= 0.6 is 0 Å². The summed E-state index contributed by atoms with van der Waals surface area (Å²) in [4.78, 5) is 29.8. The molecular weight excluding hydrogens is 395 g/mol. The summed E-state index contributed by atoms with van der Waals surface area (Å²) >= 11 is 0. The smallest absolute Gasteiger partial charge is 0.243 e. The highest BCUT2D eigenvalue weighted by Gasteiger charge is 2.37. The number of benzene rings is 1. The molecule has 1 saturated heterocycles. The van der Waals surface area contributed by atoms with Crippen molar-refractivity contribution in [1.82, 2.24) is 15.1 Å². The minimum atomic E-state index is -0.400. The van der Waals surface area contributed by atoms with Gasteiger partial charge in [0.1, 0.15) is 11.9 Å². The van der Waals surface area contributed by atoms with Crippen molar-refractivity contribution in [3.05, 3.63) is 29.1 Å². The van der Waals surface area contributed by atoms with Gasteiger partial charge in [-0.15, -0.1) is 0 Å². The van der Waals surface area contributed by atoms with E-state index < -0.39 is 6.04 Å². The maximum absolute atomic E-state index is 14.1. The number of hydrogen-bond donors (Lipinski definition) is 2. The summed E-state index contributed by atoms with van der Waals surface area (Å²) < 4.78 is 14.1. The molecule has 31 heavy (non-hydrogen) atoms. The first-order valence-electron chi connectivity index (χ1n) is 11.9. The quantitative estimate of drug-likeness (QED) is 0.773. The molecule has 2 aliphatic heterocycles. The Hall–Kier alpha value is -2.15. The van der Waals surface area contributed by atoms with Crippen molar-refractivity contribution in [2.24, 2.45) is 5.92 Å². The third-order valence-electron chi connectivity index (χ3n) is 7.57. The van der Waals surface area contributed by atoms with Crippen LogP contribution in [0.25, 0.3) is 0 Å². The summed E-state index contributed by atoms with van der Waals surface area (Å²) in [6.07, 6.45) is 6.74. The number of halogens is 1. The van der Waals surface area contributed by atoms with E-state index in [4.69, 9.17) is 0 Å². The molecule has 5 rings (SSSR count). The average molecular weight is 429 g/mol. The number of aryl methyl sites for hydroxylation is 1. The van der Waals surface area contributed by atoms with Gasteiger partial charge >= 0.3 is 0 Å². The van der Waals surface area contributed by atoms with E-state index in [1.807, 2.05) is 11.8 Å². The zero-order valence-electron chi connectivity index (χ0n) is 18.3. The van der Waals surface area contributed by atoms with Gasteiger partial charge in [-0.2, -0.15) is 0 Å². The number of carbonyl (C=O) groups excluding carboxylic acids is 2. The number of nitrogens with zero attached hydrogens (tertiary/aromatic N) is 2. The van der Waals surface area contributed by atoms with Crippen LogP contribution in [0.1, 0.15) is 49.7 Å². The largest absolute Gasteiger partial charge is 0.373 e. The topological polar surface area (TPSA) is 64.7 Å². The second-order valence-corrected chi connectivity index (χ2v) is 9.78. The second-order valence-electron chi connectivity index (χ2n) is 9.78. The Kier molecular flexibility index (Phi) is 5.63. The molecule has 168 valence electrons. The molecule has 3 atom stereocenters. The number of hydrogen-bond acceptors (Lipinski definition) is 4. The molecule has 4 aliphatic rings. The second kappa shape index (κ2) is 8.41. The van der Waals surface area contributed by atoms with Crippen molar-refractivity contribution in [2.75, 3.05) is 31.5 Å². The van der Waals surface area contributed by atoms with Gasteiger partial charge < -0.3 is 15.5 Å². The van der Waals surface area contributed by atoms with E-state index in [0.29, 0.717) is 29.9 Å². The van der Waals surface area contributed by atoms with E-state index in [0.717, 1.165) is 76.0 Å². The van der Waals surface area contributed by atoms with E-state index in [2.05, 4.69) is 15.5 Å². The molecule has 2 heterocycles. The van der Waals surface area contributed by atoms with Gasteiger partial charge in [0.15, 0.2) is 0 Å². The van der Waals surface area contributed by atoms with E-state index in [-0.39, 0.29) is 17.8 Å². The fourth-order valence-corrected chi connectivity index (χ4v) is 5.55. The zero-order valence-corrected chi connectivity index (χ0v) is 18.3. The molecule has 1 unspecified atom stereocenters. The normalized spacial score (nSPS) is 28.7. The Morgan fingerprint density at radius 2 is 1.87 bits per heavy atom. The first-order chi connectivity index (χ1) is 15.0. The molecule has 2 N–H and O–H groups in total. The van der Waals surface area contributed by atoms with Gasteiger partial charge in [0.05, 0.1) is 0 Å². The van der Waals surface area contributed by atoms with Crippen molar-refractivity contribution < 1.29 is 14.0 Å². The minimum absolute atomic E-state index is 0.0273. The van der Waals surface area contributed by atoms with E-state index in [1.54, 1.807) is 6.07 Å². The highest BCUT2D eigenvalue weighted by atomic mass is 19.1. The van der Waals surface area contributed by atoms with Crippen LogP contribution in [-0.2, 0) is 16.0 Å². The lowest BCUT2D eigenvalue weighted by molar-refractivity contribution is -0.135. The van der Waals surface area contributed by atoms with Gasteiger partial charge in [-0.3, -0.25) is 14.5 Å². The van der Waals surface area contributed by atoms with Crippen LogP contribution in [-0.4, -0.2) is 65.9 Å². The molecule has 1 aromatic carbocycles. The summed E-state index contributed by atoms with van der Waals surface area (Å²) in [7, 11) is 0. The number of fused-ring (bicyclic) bond motifs is 1. The first kappa shape index (κ1) is 20.7. The van der Waals surface area contributed by atoms with Gasteiger partial charge in [-0.25, -0.2) is 4.39 Å². The van der Waals surface area contributed by atoms with Crippen LogP contribution in [0.15, 0.2) is 12.1 Å². The molecule has 1 aromatic rings. The number of piperazine rings is 1. The molecular formula is C24H33FN4O2. The van der Waals surface area contributed by atoms with Crippen molar-refractivity contribution in [3.63, 3.8) is 0 Å². The van der Waals surface area contributed by atoms with Crippen LogP contribution in [0.2, 0.25) is 0 Å². The van der Waals surface area contributed by atoms with E-state index >= 15 is 0 Å². The first-order valence-corrected chi connectivity index (χ1v) is 11.9. The fourth-order valence-electron chi connectivity index (χ4n) is 5.55. The van der Waals surface area contributed by atoms with Gasteiger partial charge in [0.2, 0.25) is 11.8 Å². The summed E-state index contributed by atoms with van der Waals surface area (Å²) in [5, 5.41) is 6.48. The Morgan fingerprint density at radius 3 is 2.58 bits per heavy atom. The number of rotatable bonds is 4.